The zero-order chi connectivity index (χ0) is 13.0. The molecule has 0 aliphatic heterocycles. The standard InChI is InChI=1S/C10H13ClN2O4/c1-2-17-10(16)9(15)8(14)5-4-13-7(12)3-6(5)11/h3-4,8-9,14-15H,2H2,1H3,(H2,12,13). The summed E-state index contributed by atoms with van der Waals surface area (Å²) in [4.78, 5) is 14.9. The molecule has 7 heteroatoms. The van der Waals surface area contributed by atoms with E-state index in [4.69, 9.17) is 17.3 Å². The molecule has 0 spiro atoms. The molecular formula is C10H13ClN2O4. The Morgan fingerprint density at radius 3 is 2.82 bits per heavy atom. The predicted molar refractivity (Wildman–Crippen MR) is 61.3 cm³/mol. The molecule has 0 saturated carbocycles. The van der Waals surface area contributed by atoms with Crippen molar-refractivity contribution in [1.29, 1.82) is 0 Å². The second kappa shape index (κ2) is 5.81. The lowest BCUT2D eigenvalue weighted by atomic mass is 10.1. The number of rotatable bonds is 4. The molecule has 0 amide bonds. The van der Waals surface area contributed by atoms with Crippen molar-refractivity contribution in [2.24, 2.45) is 0 Å². The van der Waals surface area contributed by atoms with Crippen LogP contribution < -0.4 is 5.73 Å². The average Bonchev–Trinajstić information content (AvgIpc) is 2.27. The Morgan fingerprint density at radius 2 is 2.29 bits per heavy atom. The highest BCUT2D eigenvalue weighted by atomic mass is 35.5. The number of hydrogen-bond acceptors (Lipinski definition) is 6. The molecule has 0 aliphatic rings. The molecule has 1 rings (SSSR count). The van der Waals surface area contributed by atoms with Crippen molar-refractivity contribution in [3.8, 4) is 0 Å². The normalized spacial score (nSPS) is 14.1. The van der Waals surface area contributed by atoms with Crippen LogP contribution in [-0.2, 0) is 9.53 Å². The zero-order valence-electron chi connectivity index (χ0n) is 9.13. The number of carbonyl (C=O) groups is 1. The molecule has 2 atom stereocenters. The van der Waals surface area contributed by atoms with Gasteiger partial charge in [-0.2, -0.15) is 0 Å². The number of nitrogen functional groups attached to an aromatic ring is 1. The van der Waals surface area contributed by atoms with Crippen molar-refractivity contribution in [3.05, 3.63) is 22.8 Å². The summed E-state index contributed by atoms with van der Waals surface area (Å²) in [6.45, 7) is 1.70. The van der Waals surface area contributed by atoms with E-state index in [-0.39, 0.29) is 23.0 Å². The highest BCUT2D eigenvalue weighted by Crippen LogP contribution is 2.26. The van der Waals surface area contributed by atoms with Crippen molar-refractivity contribution in [2.75, 3.05) is 12.3 Å². The molecule has 1 aromatic rings. The van der Waals surface area contributed by atoms with Gasteiger partial charge in [0, 0.05) is 11.8 Å². The van der Waals surface area contributed by atoms with Gasteiger partial charge >= 0.3 is 5.97 Å². The predicted octanol–water partition coefficient (Wildman–Crippen LogP) is 0.275. The number of aromatic nitrogens is 1. The Kier molecular flexibility index (Phi) is 4.68. The zero-order valence-corrected chi connectivity index (χ0v) is 9.89. The Labute approximate surface area is 103 Å². The fourth-order valence-corrected chi connectivity index (χ4v) is 1.47. The molecule has 1 aromatic heterocycles. The van der Waals surface area contributed by atoms with Crippen LogP contribution >= 0.6 is 11.6 Å². The van der Waals surface area contributed by atoms with Gasteiger partial charge in [-0.25, -0.2) is 9.78 Å². The fourth-order valence-electron chi connectivity index (χ4n) is 1.20. The van der Waals surface area contributed by atoms with Gasteiger partial charge in [0.25, 0.3) is 0 Å². The van der Waals surface area contributed by atoms with E-state index in [1.54, 1.807) is 6.92 Å². The first kappa shape index (κ1) is 13.7. The number of hydrogen-bond donors (Lipinski definition) is 3. The van der Waals surface area contributed by atoms with Crippen LogP contribution in [0.4, 0.5) is 5.82 Å². The third-order valence-corrected chi connectivity index (χ3v) is 2.38. The summed E-state index contributed by atoms with van der Waals surface area (Å²) in [5.74, 6) is -0.746. The van der Waals surface area contributed by atoms with Crippen molar-refractivity contribution >= 4 is 23.4 Å². The number of ether oxygens (including phenoxy) is 1. The van der Waals surface area contributed by atoms with Crippen molar-refractivity contribution in [1.82, 2.24) is 4.98 Å². The monoisotopic (exact) mass is 260 g/mol. The lowest BCUT2D eigenvalue weighted by molar-refractivity contribution is -0.159. The second-order valence-corrected chi connectivity index (χ2v) is 3.68. The van der Waals surface area contributed by atoms with Gasteiger partial charge in [0.05, 0.1) is 11.6 Å². The van der Waals surface area contributed by atoms with Crippen LogP contribution in [0.25, 0.3) is 0 Å². The minimum absolute atomic E-state index is 0.107. The lowest BCUT2D eigenvalue weighted by Crippen LogP contribution is -2.30. The maximum absolute atomic E-state index is 11.2. The van der Waals surface area contributed by atoms with Crippen LogP contribution in [0.5, 0.6) is 0 Å². The van der Waals surface area contributed by atoms with E-state index in [1.165, 1.54) is 12.3 Å². The van der Waals surface area contributed by atoms with Gasteiger partial charge in [-0.05, 0) is 13.0 Å². The Morgan fingerprint density at radius 1 is 1.65 bits per heavy atom. The van der Waals surface area contributed by atoms with E-state index in [9.17, 15) is 15.0 Å². The number of aliphatic hydroxyl groups excluding tert-OH is 2. The quantitative estimate of drug-likeness (QED) is 0.671. The molecule has 0 saturated heterocycles. The second-order valence-electron chi connectivity index (χ2n) is 3.27. The Balaban J connectivity index is 2.88. The summed E-state index contributed by atoms with van der Waals surface area (Å²) in [5.41, 5.74) is 5.49. The topological polar surface area (TPSA) is 106 Å². The fraction of sp³-hybridized carbons (Fsp3) is 0.400. The van der Waals surface area contributed by atoms with Crippen molar-refractivity contribution in [2.45, 2.75) is 19.1 Å². The van der Waals surface area contributed by atoms with Gasteiger partial charge in [-0.3, -0.25) is 0 Å². The van der Waals surface area contributed by atoms with Gasteiger partial charge in [0.2, 0.25) is 0 Å². The van der Waals surface area contributed by atoms with Crippen LogP contribution in [-0.4, -0.2) is 33.9 Å². The molecule has 0 aromatic carbocycles. The summed E-state index contributed by atoms with van der Waals surface area (Å²) in [5, 5.41) is 19.4. The first-order valence-electron chi connectivity index (χ1n) is 4.91. The van der Waals surface area contributed by atoms with E-state index in [0.717, 1.165) is 0 Å². The highest BCUT2D eigenvalue weighted by molar-refractivity contribution is 6.31. The molecule has 4 N–H and O–H groups in total. The average molecular weight is 261 g/mol. The molecule has 1 heterocycles. The molecule has 94 valence electrons. The first-order valence-corrected chi connectivity index (χ1v) is 5.28. The molecule has 0 fully saturated rings. The summed E-state index contributed by atoms with van der Waals surface area (Å²) >= 11 is 5.81. The number of nitrogens with two attached hydrogens (primary N) is 1. The molecule has 0 aliphatic carbocycles. The number of carbonyl (C=O) groups excluding carboxylic acids is 1. The van der Waals surface area contributed by atoms with Crippen LogP contribution in [0.3, 0.4) is 0 Å². The summed E-state index contributed by atoms with van der Waals surface area (Å²) in [6, 6.07) is 1.32. The first-order chi connectivity index (χ1) is 7.97. The Hall–Kier alpha value is -1.37. The number of aliphatic hydroxyl groups is 2. The van der Waals surface area contributed by atoms with Crippen LogP contribution in [0, 0.1) is 0 Å². The largest absolute Gasteiger partial charge is 0.464 e. The van der Waals surface area contributed by atoms with Gasteiger partial charge in [-0.15, -0.1) is 0 Å². The van der Waals surface area contributed by atoms with Crippen molar-refractivity contribution in [3.63, 3.8) is 0 Å². The van der Waals surface area contributed by atoms with Crippen LogP contribution in [0.2, 0.25) is 5.02 Å². The molecule has 6 nitrogen and oxygen atoms in total. The number of pyridine rings is 1. The van der Waals surface area contributed by atoms with E-state index in [1.807, 2.05) is 0 Å². The van der Waals surface area contributed by atoms with Gasteiger partial charge in [0.15, 0.2) is 6.10 Å². The third-order valence-electron chi connectivity index (χ3n) is 2.05. The van der Waals surface area contributed by atoms with E-state index in [0.29, 0.717) is 0 Å². The minimum Gasteiger partial charge on any atom is -0.464 e. The maximum atomic E-state index is 11.2. The lowest BCUT2D eigenvalue weighted by Gasteiger charge is -2.17. The van der Waals surface area contributed by atoms with Gasteiger partial charge in [0.1, 0.15) is 11.9 Å². The molecule has 2 unspecified atom stereocenters. The summed E-state index contributed by atoms with van der Waals surface area (Å²) < 4.78 is 4.57. The highest BCUT2D eigenvalue weighted by Gasteiger charge is 2.28. The van der Waals surface area contributed by atoms with E-state index in [2.05, 4.69) is 9.72 Å². The summed E-state index contributed by atoms with van der Waals surface area (Å²) in [6.07, 6.45) is -2.02. The molecule has 0 bridgehead atoms. The van der Waals surface area contributed by atoms with Gasteiger partial charge in [-0.1, -0.05) is 11.6 Å². The minimum atomic E-state index is -1.71. The van der Waals surface area contributed by atoms with Crippen LogP contribution in [0.1, 0.15) is 18.6 Å². The SMILES string of the molecule is CCOC(=O)C(O)C(O)c1cnc(N)cc1Cl. The molecule has 17 heavy (non-hydrogen) atoms. The smallest absolute Gasteiger partial charge is 0.338 e. The number of anilines is 1. The van der Waals surface area contributed by atoms with Crippen molar-refractivity contribution < 1.29 is 19.7 Å². The molecule has 0 radical (unpaired) electrons. The van der Waals surface area contributed by atoms with E-state index >= 15 is 0 Å². The maximum Gasteiger partial charge on any atom is 0.338 e. The van der Waals surface area contributed by atoms with E-state index < -0.39 is 18.2 Å². The number of halogens is 1. The number of nitrogens with zero attached hydrogens (tertiary/aromatic N) is 1. The van der Waals surface area contributed by atoms with Gasteiger partial charge < -0.3 is 20.7 Å². The third kappa shape index (κ3) is 3.29. The molecular weight excluding hydrogens is 248 g/mol. The Bertz CT molecular complexity index is 413. The summed E-state index contributed by atoms with van der Waals surface area (Å²) in [7, 11) is 0. The number of esters is 1. The van der Waals surface area contributed by atoms with Crippen LogP contribution in [0.15, 0.2) is 12.3 Å².